The van der Waals surface area contributed by atoms with Crippen LogP contribution in [-0.4, -0.2) is 62.9 Å². The van der Waals surface area contributed by atoms with Gasteiger partial charge in [0.2, 0.25) is 0 Å². The van der Waals surface area contributed by atoms with E-state index in [-0.39, 0.29) is 5.69 Å². The van der Waals surface area contributed by atoms with E-state index in [0.29, 0.717) is 11.3 Å². The fourth-order valence-electron chi connectivity index (χ4n) is 2.33. The van der Waals surface area contributed by atoms with E-state index in [1.807, 2.05) is 0 Å². The Kier molecular flexibility index (Phi) is 5.32. The van der Waals surface area contributed by atoms with Gasteiger partial charge in [-0.1, -0.05) is 0 Å². The summed E-state index contributed by atoms with van der Waals surface area (Å²) in [4.78, 5) is 0. The summed E-state index contributed by atoms with van der Waals surface area (Å²) in [6.07, 6.45) is -6.36. The molecule has 1 heterocycles. The van der Waals surface area contributed by atoms with Crippen LogP contribution in [0.1, 0.15) is 5.56 Å². The predicted molar refractivity (Wildman–Crippen MR) is 74.3 cm³/mol. The Morgan fingerprint density at radius 3 is 2.45 bits per heavy atom. The molecule has 9 nitrogen and oxygen atoms in total. The van der Waals surface area contributed by atoms with Crippen LogP contribution in [0.5, 0.6) is 0 Å². The van der Waals surface area contributed by atoms with Crippen LogP contribution in [0.2, 0.25) is 0 Å². The molecule has 9 heteroatoms. The number of hydrogen-bond donors (Lipinski definition) is 7. The van der Waals surface area contributed by atoms with Gasteiger partial charge in [-0.25, -0.2) is 5.21 Å². The van der Waals surface area contributed by atoms with Gasteiger partial charge in [0.15, 0.2) is 11.9 Å². The maximum absolute atomic E-state index is 10.9. The van der Waals surface area contributed by atoms with Crippen LogP contribution in [0.4, 0.5) is 11.4 Å². The van der Waals surface area contributed by atoms with Crippen molar-refractivity contribution >= 4 is 11.4 Å². The van der Waals surface area contributed by atoms with E-state index in [9.17, 15) is 20.5 Å². The Labute approximate surface area is 126 Å². The molecule has 0 amide bonds. The monoisotopic (exact) mass is 316 g/mol. The highest BCUT2D eigenvalue weighted by atomic mass is 16.8. The van der Waals surface area contributed by atoms with Gasteiger partial charge in [-0.3, -0.25) is 0 Å². The SMILES string of the molecule is Cc1cc([NH+]([O-])O)ccc1NC1OC(CO)C(O)C(O)C1O. The van der Waals surface area contributed by atoms with Crippen LogP contribution in [0.3, 0.4) is 0 Å². The van der Waals surface area contributed by atoms with Crippen molar-refractivity contribution in [3.63, 3.8) is 0 Å². The van der Waals surface area contributed by atoms with Gasteiger partial charge in [0.05, 0.1) is 6.61 Å². The van der Waals surface area contributed by atoms with Gasteiger partial charge in [0.25, 0.3) is 0 Å². The molecule has 0 bridgehead atoms. The highest BCUT2D eigenvalue weighted by Crippen LogP contribution is 2.25. The van der Waals surface area contributed by atoms with Crippen molar-refractivity contribution in [2.75, 3.05) is 11.9 Å². The van der Waals surface area contributed by atoms with E-state index in [0.717, 1.165) is 0 Å². The molecule has 6 unspecified atom stereocenters. The molecule has 1 saturated heterocycles. The minimum absolute atomic E-state index is 0.122. The molecule has 1 aromatic rings. The van der Waals surface area contributed by atoms with Crippen LogP contribution in [-0.2, 0) is 4.74 Å². The minimum Gasteiger partial charge on any atom is -0.595 e. The first-order valence-corrected chi connectivity index (χ1v) is 6.76. The summed E-state index contributed by atoms with van der Waals surface area (Å²) in [6.45, 7) is 1.17. The standard InChI is InChI=1S/C13H20N2O7/c1-6-4-7(15(20)21)2-3-8(6)14-13-12(19)11(18)10(17)9(5-16)22-13/h2-4,9-20H,5H2,1H3. The first kappa shape index (κ1) is 17.1. The summed E-state index contributed by atoms with van der Waals surface area (Å²) < 4.78 is 5.33. The first-order chi connectivity index (χ1) is 10.3. The van der Waals surface area contributed by atoms with Crippen molar-refractivity contribution in [3.8, 4) is 0 Å². The summed E-state index contributed by atoms with van der Waals surface area (Å²) in [7, 11) is 0. The van der Waals surface area contributed by atoms with Crippen LogP contribution < -0.4 is 10.5 Å². The molecule has 0 saturated carbocycles. The lowest BCUT2D eigenvalue weighted by molar-refractivity contribution is -0.991. The van der Waals surface area contributed by atoms with Crippen molar-refractivity contribution < 1.29 is 35.6 Å². The molecular weight excluding hydrogens is 296 g/mol. The molecule has 0 spiro atoms. The molecular formula is C13H20N2O7. The number of benzene rings is 1. The number of ether oxygens (including phenoxy) is 1. The van der Waals surface area contributed by atoms with Gasteiger partial charge < -0.3 is 35.7 Å². The molecule has 124 valence electrons. The number of rotatable bonds is 4. The number of nitrogens with one attached hydrogen (secondary N) is 2. The van der Waals surface area contributed by atoms with Crippen molar-refractivity contribution in [2.24, 2.45) is 0 Å². The fourth-order valence-corrected chi connectivity index (χ4v) is 2.33. The van der Waals surface area contributed by atoms with Gasteiger partial charge in [0, 0.05) is 17.8 Å². The van der Waals surface area contributed by atoms with E-state index >= 15 is 0 Å². The molecule has 2 rings (SSSR count). The maximum Gasteiger partial charge on any atom is 0.164 e. The van der Waals surface area contributed by atoms with Crippen molar-refractivity contribution in [3.05, 3.63) is 29.0 Å². The minimum atomic E-state index is -1.47. The lowest BCUT2D eigenvalue weighted by Gasteiger charge is -2.40. The van der Waals surface area contributed by atoms with Crippen molar-refractivity contribution in [2.45, 2.75) is 37.6 Å². The second kappa shape index (κ2) is 6.86. The number of hydrogen-bond acceptors (Lipinski definition) is 8. The largest absolute Gasteiger partial charge is 0.595 e. The summed E-state index contributed by atoms with van der Waals surface area (Å²) in [5.74, 6) is 0. The topological polar surface area (TPSA) is 150 Å². The Morgan fingerprint density at radius 1 is 1.23 bits per heavy atom. The zero-order chi connectivity index (χ0) is 16.4. The molecule has 6 atom stereocenters. The fraction of sp³-hybridized carbons (Fsp3) is 0.538. The van der Waals surface area contributed by atoms with Crippen LogP contribution in [0.15, 0.2) is 18.2 Å². The summed E-state index contributed by atoms with van der Waals surface area (Å²) in [6, 6.07) is 4.36. The lowest BCUT2D eigenvalue weighted by atomic mass is 9.98. The van der Waals surface area contributed by atoms with Gasteiger partial charge >= 0.3 is 0 Å². The van der Waals surface area contributed by atoms with Crippen molar-refractivity contribution in [1.82, 2.24) is 0 Å². The van der Waals surface area contributed by atoms with E-state index in [2.05, 4.69) is 5.32 Å². The third kappa shape index (κ3) is 3.37. The molecule has 1 aliphatic rings. The molecule has 1 fully saturated rings. The van der Waals surface area contributed by atoms with Gasteiger partial charge in [0.1, 0.15) is 24.4 Å². The van der Waals surface area contributed by atoms with Gasteiger partial charge in [-0.2, -0.15) is 5.23 Å². The normalized spacial score (nSPS) is 33.5. The number of aryl methyl sites for hydroxylation is 1. The Bertz CT molecular complexity index is 511. The summed E-state index contributed by atoms with van der Waals surface area (Å²) >= 11 is 0. The van der Waals surface area contributed by atoms with E-state index in [1.165, 1.54) is 18.2 Å². The Morgan fingerprint density at radius 2 is 1.91 bits per heavy atom. The maximum atomic E-state index is 10.9. The number of aliphatic hydroxyl groups is 4. The van der Waals surface area contributed by atoms with Crippen LogP contribution in [0.25, 0.3) is 0 Å². The van der Waals surface area contributed by atoms with Crippen LogP contribution in [0, 0.1) is 12.1 Å². The molecule has 0 aromatic heterocycles. The summed E-state index contributed by atoms with van der Waals surface area (Å²) in [5, 5.41) is 60.1. The third-order valence-corrected chi connectivity index (χ3v) is 3.66. The smallest absolute Gasteiger partial charge is 0.164 e. The zero-order valence-corrected chi connectivity index (χ0v) is 11.9. The van der Waals surface area contributed by atoms with Gasteiger partial charge in [-0.15, -0.1) is 0 Å². The van der Waals surface area contributed by atoms with Crippen molar-refractivity contribution in [1.29, 1.82) is 0 Å². The quantitative estimate of drug-likeness (QED) is 0.304. The number of aliphatic hydroxyl groups excluding tert-OH is 4. The van der Waals surface area contributed by atoms with E-state index in [1.54, 1.807) is 6.92 Å². The first-order valence-electron chi connectivity index (χ1n) is 6.76. The highest BCUT2D eigenvalue weighted by Gasteiger charge is 2.43. The lowest BCUT2D eigenvalue weighted by Crippen LogP contribution is -2.99. The number of anilines is 1. The molecule has 0 radical (unpaired) electrons. The van der Waals surface area contributed by atoms with Crippen LogP contribution >= 0.6 is 0 Å². The van der Waals surface area contributed by atoms with E-state index in [4.69, 9.17) is 15.1 Å². The van der Waals surface area contributed by atoms with E-state index < -0.39 is 42.5 Å². The average Bonchev–Trinajstić information content (AvgIpc) is 2.49. The number of quaternary nitrogens is 1. The third-order valence-electron chi connectivity index (χ3n) is 3.66. The average molecular weight is 316 g/mol. The highest BCUT2D eigenvalue weighted by molar-refractivity contribution is 5.55. The molecule has 1 aliphatic heterocycles. The molecule has 1 aromatic carbocycles. The second-order valence-electron chi connectivity index (χ2n) is 5.23. The molecule has 22 heavy (non-hydrogen) atoms. The van der Waals surface area contributed by atoms with Gasteiger partial charge in [-0.05, 0) is 18.6 Å². The molecule has 0 aliphatic carbocycles. The zero-order valence-electron chi connectivity index (χ0n) is 11.9. The predicted octanol–water partition coefficient (Wildman–Crippen LogP) is -2.39. The molecule has 7 N–H and O–H groups in total. The second-order valence-corrected chi connectivity index (χ2v) is 5.23. The summed E-state index contributed by atoms with van der Waals surface area (Å²) in [5.41, 5.74) is 1.24. The Balaban J connectivity index is 2.15. The Hall–Kier alpha value is -1.30.